The number of nitrogens with two attached hydrogens (primary N) is 2. The molecule has 0 bridgehead atoms. The maximum absolute atomic E-state index is 10.9. The second-order valence-electron chi connectivity index (χ2n) is 7.40. The number of rotatable bonds is 2. The maximum Gasteiger partial charge on any atom is 0.265 e. The standard InChI is InChI=1S/2C8H10N2O.2C3H3N3S3/c2*1-6-2-4-7(5-3-6)8(11)10-9;2*7-1-4-2(8)6-3(9)5-1/h2*2-5H,9H2,1H3,(H,10,11);2*(H3,4,5,6,7,8,9). The number of carbonyl (C=O) groups excluding carboxylic acids is 2. The molecule has 4 rings (SSSR count). The van der Waals surface area contributed by atoms with Gasteiger partial charge in [-0.3, -0.25) is 20.4 Å². The predicted molar refractivity (Wildman–Crippen MR) is 170 cm³/mol. The van der Waals surface area contributed by atoms with Crippen molar-refractivity contribution >= 4 is 85.1 Å². The molecule has 0 saturated heterocycles. The van der Waals surface area contributed by atoms with Gasteiger partial charge in [0.2, 0.25) is 0 Å². The molecular weight excluding hydrogens is 629 g/mol. The zero-order chi connectivity index (χ0) is 30.2. The smallest absolute Gasteiger partial charge is 0.265 e. The molecule has 0 radical (unpaired) electrons. The van der Waals surface area contributed by atoms with Gasteiger partial charge in [-0.2, -0.15) is 0 Å². The molecule has 212 valence electrons. The second-order valence-corrected chi connectivity index (χ2v) is 9.85. The number of hydrogen-bond donors (Lipinski definition) is 10. The fourth-order valence-electron chi connectivity index (χ4n) is 2.38. The average molecular weight is 655 g/mol. The van der Waals surface area contributed by atoms with Crippen molar-refractivity contribution in [3.05, 3.63) is 99.4 Å². The Balaban J connectivity index is 0.000000268. The minimum absolute atomic E-state index is 0.259. The minimum Gasteiger partial charge on any atom is -0.309 e. The third-order valence-corrected chi connectivity index (χ3v) is 5.48. The van der Waals surface area contributed by atoms with E-state index in [1.165, 1.54) is 0 Å². The summed E-state index contributed by atoms with van der Waals surface area (Å²) >= 11 is 28.3. The first-order chi connectivity index (χ1) is 18.8. The molecule has 12 nitrogen and oxygen atoms in total. The first kappa shape index (κ1) is 34.7. The maximum atomic E-state index is 10.9. The summed E-state index contributed by atoms with van der Waals surface area (Å²) in [6, 6.07) is 14.4. The molecular formula is C22H26N10O2S6. The fraction of sp³-hybridized carbons (Fsp3) is 0.0909. The van der Waals surface area contributed by atoms with E-state index in [9.17, 15) is 9.59 Å². The highest BCUT2D eigenvalue weighted by Gasteiger charge is 2.00. The van der Waals surface area contributed by atoms with Crippen molar-refractivity contribution in [3.63, 3.8) is 0 Å². The number of H-pyrrole nitrogens is 6. The van der Waals surface area contributed by atoms with E-state index in [2.05, 4.69) is 40.8 Å². The quantitative estimate of drug-likeness (QED) is 0.0611. The number of nitrogen functional groups attached to an aromatic ring is 2. The van der Waals surface area contributed by atoms with E-state index in [0.717, 1.165) is 11.1 Å². The first-order valence-corrected chi connectivity index (χ1v) is 13.3. The Labute approximate surface area is 259 Å². The van der Waals surface area contributed by atoms with Crippen LogP contribution in [-0.2, 0) is 0 Å². The van der Waals surface area contributed by atoms with Crippen molar-refractivity contribution in [2.24, 2.45) is 11.7 Å². The summed E-state index contributed by atoms with van der Waals surface area (Å²) in [5, 5.41) is 0. The molecule has 12 N–H and O–H groups in total. The van der Waals surface area contributed by atoms with Crippen molar-refractivity contribution in [2.75, 3.05) is 0 Å². The Morgan fingerprint density at radius 1 is 0.500 bits per heavy atom. The van der Waals surface area contributed by atoms with Gasteiger partial charge in [0.15, 0.2) is 28.6 Å². The van der Waals surface area contributed by atoms with Gasteiger partial charge >= 0.3 is 0 Å². The molecule has 0 saturated carbocycles. The van der Waals surface area contributed by atoms with Crippen LogP contribution in [0, 0.1) is 42.5 Å². The summed E-state index contributed by atoms with van der Waals surface area (Å²) in [6.45, 7) is 3.92. The number of hydrogen-bond acceptors (Lipinski definition) is 10. The molecule has 0 spiro atoms. The van der Waals surface area contributed by atoms with Crippen LogP contribution in [0.3, 0.4) is 0 Å². The van der Waals surface area contributed by atoms with Gasteiger partial charge in [0.05, 0.1) is 0 Å². The lowest BCUT2D eigenvalue weighted by Crippen LogP contribution is -2.29. The normalized spacial score (nSPS) is 9.30. The Bertz CT molecular complexity index is 1460. The van der Waals surface area contributed by atoms with Gasteiger partial charge in [0.1, 0.15) is 0 Å². The van der Waals surface area contributed by atoms with Crippen LogP contribution in [-0.4, -0.2) is 41.7 Å². The molecule has 0 aliphatic rings. The molecule has 0 unspecified atom stereocenters. The molecule has 0 atom stereocenters. The third kappa shape index (κ3) is 14.1. The lowest BCUT2D eigenvalue weighted by molar-refractivity contribution is 0.0945. The fourth-order valence-corrected chi connectivity index (χ4v) is 4.00. The van der Waals surface area contributed by atoms with Gasteiger partial charge in [-0.15, -0.1) is 0 Å². The van der Waals surface area contributed by atoms with Crippen molar-refractivity contribution in [3.8, 4) is 0 Å². The molecule has 0 aliphatic carbocycles. The van der Waals surface area contributed by atoms with Crippen LogP contribution < -0.4 is 22.5 Å². The van der Waals surface area contributed by atoms with Crippen molar-refractivity contribution in [2.45, 2.75) is 13.8 Å². The molecule has 2 aromatic carbocycles. The highest BCUT2D eigenvalue weighted by molar-refractivity contribution is 7.72. The average Bonchev–Trinajstić information content (AvgIpc) is 2.88. The first-order valence-electron chi connectivity index (χ1n) is 10.9. The topological polar surface area (TPSA) is 205 Å². The number of amides is 2. The van der Waals surface area contributed by atoms with E-state index < -0.39 is 0 Å². The highest BCUT2D eigenvalue weighted by atomic mass is 32.1. The number of aromatic amines is 6. The van der Waals surface area contributed by atoms with Crippen molar-refractivity contribution in [1.82, 2.24) is 40.8 Å². The van der Waals surface area contributed by atoms with Gasteiger partial charge < -0.3 is 29.9 Å². The van der Waals surface area contributed by atoms with Gasteiger partial charge in [-0.25, -0.2) is 11.7 Å². The SMILES string of the molecule is Cc1ccc(C(=O)NN)cc1.Cc1ccc(C(=O)NN)cc1.S=c1[nH]c(=S)[nH]c(=S)[nH]1.S=c1[nH]c(=S)[nH]c(=S)[nH]1. The number of aromatic nitrogens is 6. The van der Waals surface area contributed by atoms with Crippen LogP contribution in [0.1, 0.15) is 31.8 Å². The predicted octanol–water partition coefficient (Wildman–Crippen LogP) is 4.92. The summed E-state index contributed by atoms with van der Waals surface area (Å²) in [4.78, 5) is 37.8. The second kappa shape index (κ2) is 18.1. The molecule has 4 aromatic rings. The van der Waals surface area contributed by atoms with Crippen LogP contribution in [0.2, 0.25) is 0 Å². The van der Waals surface area contributed by atoms with E-state index in [-0.39, 0.29) is 11.8 Å². The lowest BCUT2D eigenvalue weighted by Gasteiger charge is -1.98. The minimum atomic E-state index is -0.259. The Morgan fingerprint density at radius 3 is 0.875 bits per heavy atom. The number of aryl methyl sites for hydroxylation is 2. The number of carbonyl (C=O) groups is 2. The Morgan fingerprint density at radius 2 is 0.700 bits per heavy atom. The molecule has 2 heterocycles. The Kier molecular flexibility index (Phi) is 15.7. The van der Waals surface area contributed by atoms with E-state index in [1.807, 2.05) is 38.1 Å². The van der Waals surface area contributed by atoms with E-state index in [0.29, 0.717) is 39.8 Å². The molecule has 0 fully saturated rings. The molecule has 0 aliphatic heterocycles. The van der Waals surface area contributed by atoms with Gasteiger partial charge in [0.25, 0.3) is 11.8 Å². The lowest BCUT2D eigenvalue weighted by atomic mass is 10.1. The Hall–Kier alpha value is -3.36. The largest absolute Gasteiger partial charge is 0.309 e. The van der Waals surface area contributed by atoms with Crippen LogP contribution >= 0.6 is 73.3 Å². The van der Waals surface area contributed by atoms with Gasteiger partial charge in [0, 0.05) is 11.1 Å². The van der Waals surface area contributed by atoms with Crippen molar-refractivity contribution in [1.29, 1.82) is 0 Å². The number of nitrogens with one attached hydrogen (secondary N) is 8. The summed E-state index contributed by atoms with van der Waals surface area (Å²) < 4.78 is 2.69. The molecule has 2 aromatic heterocycles. The van der Waals surface area contributed by atoms with E-state index in [1.54, 1.807) is 24.3 Å². The van der Waals surface area contributed by atoms with Crippen molar-refractivity contribution < 1.29 is 9.59 Å². The van der Waals surface area contributed by atoms with Gasteiger partial charge in [-0.1, -0.05) is 35.4 Å². The zero-order valence-electron chi connectivity index (χ0n) is 21.0. The number of hydrazine groups is 2. The third-order valence-electron chi connectivity index (χ3n) is 4.25. The zero-order valence-corrected chi connectivity index (χ0v) is 25.9. The van der Waals surface area contributed by atoms with E-state index in [4.69, 9.17) is 85.0 Å². The summed E-state index contributed by atoms with van der Waals surface area (Å²) in [6.07, 6.45) is 0. The summed E-state index contributed by atoms with van der Waals surface area (Å²) in [5.74, 6) is 9.37. The molecule has 2 amide bonds. The van der Waals surface area contributed by atoms with Crippen LogP contribution in [0.4, 0.5) is 0 Å². The van der Waals surface area contributed by atoms with Crippen LogP contribution in [0.25, 0.3) is 0 Å². The monoisotopic (exact) mass is 654 g/mol. The van der Waals surface area contributed by atoms with Gasteiger partial charge in [-0.05, 0) is 111 Å². The highest BCUT2D eigenvalue weighted by Crippen LogP contribution is 2.02. The summed E-state index contributed by atoms with van der Waals surface area (Å²) in [7, 11) is 0. The molecule has 18 heteroatoms. The number of benzene rings is 2. The van der Waals surface area contributed by atoms with E-state index >= 15 is 0 Å². The van der Waals surface area contributed by atoms with Crippen LogP contribution in [0.5, 0.6) is 0 Å². The molecule has 40 heavy (non-hydrogen) atoms. The summed E-state index contributed by atoms with van der Waals surface area (Å²) in [5.41, 5.74) is 7.53. The van der Waals surface area contributed by atoms with Crippen LogP contribution in [0.15, 0.2) is 48.5 Å².